The van der Waals surface area contributed by atoms with Crippen molar-refractivity contribution in [2.75, 3.05) is 0 Å². The van der Waals surface area contributed by atoms with E-state index in [0.29, 0.717) is 4.83 Å². The molecule has 0 fully saturated rings. The average molecular weight is 247 g/mol. The van der Waals surface area contributed by atoms with E-state index >= 15 is 0 Å². The third-order valence-electron chi connectivity index (χ3n) is 2.25. The SMILES string of the molecule is CC(Br)C(C)CCc1ccsc1. The Kier molecular flexibility index (Phi) is 4.30. The van der Waals surface area contributed by atoms with Gasteiger partial charge in [-0.05, 0) is 41.1 Å². The summed E-state index contributed by atoms with van der Waals surface area (Å²) in [6.45, 7) is 4.52. The number of alkyl halides is 1. The molecule has 1 aromatic rings. The Morgan fingerprint density at radius 1 is 1.50 bits per heavy atom. The van der Waals surface area contributed by atoms with Crippen LogP contribution in [0.2, 0.25) is 0 Å². The Bertz CT molecular complexity index is 204. The highest BCUT2D eigenvalue weighted by molar-refractivity contribution is 9.09. The summed E-state index contributed by atoms with van der Waals surface area (Å²) in [5, 5.41) is 4.39. The first kappa shape index (κ1) is 10.3. The summed E-state index contributed by atoms with van der Waals surface area (Å²) in [5.74, 6) is 0.768. The second-order valence-corrected chi connectivity index (χ2v) is 5.55. The average Bonchev–Trinajstić information content (AvgIpc) is 2.51. The van der Waals surface area contributed by atoms with E-state index in [-0.39, 0.29) is 0 Å². The van der Waals surface area contributed by atoms with Crippen LogP contribution in [0, 0.1) is 5.92 Å². The van der Waals surface area contributed by atoms with Crippen LogP contribution in [0.5, 0.6) is 0 Å². The van der Waals surface area contributed by atoms with E-state index in [4.69, 9.17) is 0 Å². The molecular weight excluding hydrogens is 232 g/mol. The van der Waals surface area contributed by atoms with Gasteiger partial charge in [-0.3, -0.25) is 0 Å². The van der Waals surface area contributed by atoms with Crippen LogP contribution in [0.4, 0.5) is 0 Å². The molecule has 2 unspecified atom stereocenters. The number of hydrogen-bond acceptors (Lipinski definition) is 1. The molecule has 1 heterocycles. The van der Waals surface area contributed by atoms with Crippen LogP contribution in [0.1, 0.15) is 25.8 Å². The molecule has 0 aliphatic heterocycles. The van der Waals surface area contributed by atoms with Gasteiger partial charge in [-0.15, -0.1) is 0 Å². The smallest absolute Gasteiger partial charge is 0.0143 e. The van der Waals surface area contributed by atoms with Gasteiger partial charge in [0.25, 0.3) is 0 Å². The Morgan fingerprint density at radius 2 is 2.25 bits per heavy atom. The summed E-state index contributed by atoms with van der Waals surface area (Å²) in [4.78, 5) is 0.635. The molecule has 0 aliphatic carbocycles. The van der Waals surface area contributed by atoms with E-state index in [0.717, 1.165) is 5.92 Å². The number of halogens is 1. The van der Waals surface area contributed by atoms with Gasteiger partial charge in [0.15, 0.2) is 0 Å². The van der Waals surface area contributed by atoms with Crippen molar-refractivity contribution in [1.82, 2.24) is 0 Å². The predicted octanol–water partition coefficient (Wildman–Crippen LogP) is 4.10. The van der Waals surface area contributed by atoms with Gasteiger partial charge in [-0.1, -0.05) is 29.8 Å². The van der Waals surface area contributed by atoms with E-state index in [1.54, 1.807) is 11.3 Å². The van der Waals surface area contributed by atoms with E-state index in [1.807, 2.05) is 0 Å². The van der Waals surface area contributed by atoms with E-state index in [1.165, 1.54) is 18.4 Å². The number of aryl methyl sites for hydroxylation is 1. The lowest BCUT2D eigenvalue weighted by molar-refractivity contribution is 0.535. The molecule has 68 valence electrons. The molecule has 0 amide bonds. The maximum atomic E-state index is 3.61. The molecule has 1 rings (SSSR count). The van der Waals surface area contributed by atoms with Gasteiger partial charge >= 0.3 is 0 Å². The highest BCUT2D eigenvalue weighted by Crippen LogP contribution is 2.18. The fourth-order valence-corrected chi connectivity index (χ4v) is 2.03. The highest BCUT2D eigenvalue weighted by Gasteiger charge is 2.08. The normalized spacial score (nSPS) is 15.9. The second kappa shape index (κ2) is 5.03. The standard InChI is InChI=1S/C10H15BrS/c1-8(9(2)11)3-4-10-5-6-12-7-10/h5-9H,3-4H2,1-2H3. The van der Waals surface area contributed by atoms with Crippen LogP contribution in [-0.4, -0.2) is 4.83 Å². The van der Waals surface area contributed by atoms with E-state index < -0.39 is 0 Å². The molecule has 0 aromatic carbocycles. The van der Waals surface area contributed by atoms with Gasteiger partial charge in [-0.25, -0.2) is 0 Å². The molecule has 0 radical (unpaired) electrons. The van der Waals surface area contributed by atoms with Crippen molar-refractivity contribution in [2.45, 2.75) is 31.5 Å². The Morgan fingerprint density at radius 3 is 2.75 bits per heavy atom. The molecule has 0 aliphatic rings. The van der Waals surface area contributed by atoms with Gasteiger partial charge in [-0.2, -0.15) is 11.3 Å². The third-order valence-corrected chi connectivity index (χ3v) is 3.89. The Balaban J connectivity index is 2.27. The van der Waals surface area contributed by atoms with Crippen molar-refractivity contribution in [3.8, 4) is 0 Å². The van der Waals surface area contributed by atoms with Crippen LogP contribution in [-0.2, 0) is 6.42 Å². The van der Waals surface area contributed by atoms with Crippen LogP contribution in [0.3, 0.4) is 0 Å². The molecule has 0 spiro atoms. The minimum atomic E-state index is 0.635. The molecule has 0 nitrogen and oxygen atoms in total. The van der Waals surface area contributed by atoms with Gasteiger partial charge < -0.3 is 0 Å². The lowest BCUT2D eigenvalue weighted by Gasteiger charge is -2.12. The molecule has 0 saturated heterocycles. The summed E-state index contributed by atoms with van der Waals surface area (Å²) < 4.78 is 0. The predicted molar refractivity (Wildman–Crippen MR) is 60.2 cm³/mol. The molecule has 12 heavy (non-hydrogen) atoms. The van der Waals surface area contributed by atoms with Gasteiger partial charge in [0.2, 0.25) is 0 Å². The van der Waals surface area contributed by atoms with Gasteiger partial charge in [0.05, 0.1) is 0 Å². The van der Waals surface area contributed by atoms with Crippen LogP contribution in [0.15, 0.2) is 16.8 Å². The first-order valence-electron chi connectivity index (χ1n) is 4.35. The molecule has 0 N–H and O–H groups in total. The molecular formula is C10H15BrS. The van der Waals surface area contributed by atoms with Crippen molar-refractivity contribution < 1.29 is 0 Å². The summed E-state index contributed by atoms with van der Waals surface area (Å²) in [5.41, 5.74) is 1.49. The topological polar surface area (TPSA) is 0 Å². The third kappa shape index (κ3) is 3.28. The number of thiophene rings is 1. The van der Waals surface area contributed by atoms with Gasteiger partial charge in [0, 0.05) is 4.83 Å². The van der Waals surface area contributed by atoms with Crippen LogP contribution >= 0.6 is 27.3 Å². The molecule has 1 aromatic heterocycles. The zero-order valence-corrected chi connectivity index (χ0v) is 9.99. The fourth-order valence-electron chi connectivity index (χ4n) is 1.06. The lowest BCUT2D eigenvalue weighted by atomic mass is 10.0. The minimum Gasteiger partial charge on any atom is -0.152 e. The van der Waals surface area contributed by atoms with Crippen LogP contribution < -0.4 is 0 Å². The lowest BCUT2D eigenvalue weighted by Crippen LogP contribution is -2.07. The first-order chi connectivity index (χ1) is 5.70. The molecule has 2 heteroatoms. The zero-order chi connectivity index (χ0) is 8.97. The van der Waals surface area contributed by atoms with E-state index in [2.05, 4.69) is 46.6 Å². The molecule has 2 atom stereocenters. The van der Waals surface area contributed by atoms with Gasteiger partial charge in [0.1, 0.15) is 0 Å². The fraction of sp³-hybridized carbons (Fsp3) is 0.600. The zero-order valence-electron chi connectivity index (χ0n) is 7.59. The van der Waals surface area contributed by atoms with Crippen molar-refractivity contribution in [3.05, 3.63) is 22.4 Å². The van der Waals surface area contributed by atoms with Crippen molar-refractivity contribution in [2.24, 2.45) is 5.92 Å². The summed E-state index contributed by atoms with van der Waals surface area (Å²) in [6.07, 6.45) is 2.50. The second-order valence-electron chi connectivity index (χ2n) is 3.33. The largest absolute Gasteiger partial charge is 0.152 e. The first-order valence-corrected chi connectivity index (χ1v) is 6.21. The quantitative estimate of drug-likeness (QED) is 0.702. The Labute approximate surface area is 87.1 Å². The summed E-state index contributed by atoms with van der Waals surface area (Å²) in [7, 11) is 0. The highest BCUT2D eigenvalue weighted by atomic mass is 79.9. The maximum Gasteiger partial charge on any atom is 0.0143 e. The van der Waals surface area contributed by atoms with Crippen molar-refractivity contribution in [3.63, 3.8) is 0 Å². The van der Waals surface area contributed by atoms with Crippen molar-refractivity contribution in [1.29, 1.82) is 0 Å². The number of hydrogen-bond donors (Lipinski definition) is 0. The van der Waals surface area contributed by atoms with E-state index in [9.17, 15) is 0 Å². The van der Waals surface area contributed by atoms with Crippen molar-refractivity contribution >= 4 is 27.3 Å². The Hall–Kier alpha value is 0.180. The molecule has 0 bridgehead atoms. The minimum absolute atomic E-state index is 0.635. The maximum absolute atomic E-state index is 3.61. The molecule has 0 saturated carbocycles. The van der Waals surface area contributed by atoms with Crippen LogP contribution in [0.25, 0.3) is 0 Å². The summed E-state index contributed by atoms with van der Waals surface area (Å²) in [6, 6.07) is 2.22. The summed E-state index contributed by atoms with van der Waals surface area (Å²) >= 11 is 5.39. The number of rotatable bonds is 4. The monoisotopic (exact) mass is 246 g/mol.